The summed E-state index contributed by atoms with van der Waals surface area (Å²) >= 11 is 0. The second-order valence-corrected chi connectivity index (χ2v) is 6.69. The fourth-order valence-electron chi connectivity index (χ4n) is 3.03. The van der Waals surface area contributed by atoms with Crippen molar-refractivity contribution < 1.29 is 4.79 Å². The van der Waals surface area contributed by atoms with Crippen molar-refractivity contribution in [3.63, 3.8) is 0 Å². The Bertz CT molecular complexity index is 832. The summed E-state index contributed by atoms with van der Waals surface area (Å²) in [5.74, 6) is 0.602. The maximum absolute atomic E-state index is 10.7. The summed E-state index contributed by atoms with van der Waals surface area (Å²) in [5, 5.41) is 0. The van der Waals surface area contributed by atoms with Gasteiger partial charge in [0.2, 0.25) is 0 Å². The molecule has 122 valence electrons. The van der Waals surface area contributed by atoms with Crippen molar-refractivity contribution in [2.45, 2.75) is 31.7 Å². The highest BCUT2D eigenvalue weighted by molar-refractivity contribution is 6.10. The summed E-state index contributed by atoms with van der Waals surface area (Å²) in [6.45, 7) is 0. The third-order valence-electron chi connectivity index (χ3n) is 4.81. The Morgan fingerprint density at radius 3 is 2.67 bits per heavy atom. The first kappa shape index (κ1) is 15.0. The van der Waals surface area contributed by atoms with Crippen LogP contribution >= 0.6 is 0 Å². The Morgan fingerprint density at radius 2 is 1.96 bits per heavy atom. The van der Waals surface area contributed by atoms with E-state index >= 15 is 0 Å². The minimum absolute atomic E-state index is 0.167. The van der Waals surface area contributed by atoms with Crippen LogP contribution in [0.1, 0.15) is 31.4 Å². The molecule has 2 N–H and O–H groups in total. The van der Waals surface area contributed by atoms with E-state index in [1.807, 2.05) is 30.5 Å². The third-order valence-corrected chi connectivity index (χ3v) is 4.81. The first-order valence-electron chi connectivity index (χ1n) is 8.45. The molecule has 2 saturated carbocycles. The van der Waals surface area contributed by atoms with Crippen molar-refractivity contribution >= 4 is 29.1 Å². The molecule has 0 radical (unpaired) electrons. The van der Waals surface area contributed by atoms with Gasteiger partial charge in [-0.05, 0) is 43.7 Å². The number of nitrogens with two attached hydrogens (primary N) is 1. The molecule has 0 aliphatic heterocycles. The predicted octanol–water partition coefficient (Wildman–Crippen LogP) is 2.76. The number of aldehydes is 1. The maximum atomic E-state index is 10.7. The molecule has 2 aliphatic rings. The summed E-state index contributed by atoms with van der Waals surface area (Å²) in [5.41, 5.74) is 10.6. The summed E-state index contributed by atoms with van der Waals surface area (Å²) in [6, 6.07) is 8.02. The number of fused-ring (bicyclic) bond motifs is 1. The van der Waals surface area contributed by atoms with E-state index in [9.17, 15) is 4.79 Å². The molecule has 0 atom stereocenters. The van der Waals surface area contributed by atoms with Crippen LogP contribution in [0.5, 0.6) is 0 Å². The number of nitrogens with zero attached hydrogens (tertiary/aromatic N) is 3. The molecule has 24 heavy (non-hydrogen) atoms. The van der Waals surface area contributed by atoms with Crippen LogP contribution in [0.3, 0.4) is 0 Å². The molecular formula is C19H20N4O. The number of benzene rings is 1. The summed E-state index contributed by atoms with van der Waals surface area (Å²) < 4.78 is 0. The molecule has 0 unspecified atom stereocenters. The number of aromatic nitrogens is 2. The van der Waals surface area contributed by atoms with Gasteiger partial charge in [-0.2, -0.15) is 0 Å². The molecule has 2 fully saturated rings. The minimum atomic E-state index is 0.167. The van der Waals surface area contributed by atoms with Gasteiger partial charge < -0.3 is 10.5 Å². The van der Waals surface area contributed by atoms with Crippen LogP contribution < -0.4 is 5.73 Å². The Hall–Kier alpha value is -2.56. The normalized spacial score (nSPS) is 24.7. The summed E-state index contributed by atoms with van der Waals surface area (Å²) in [7, 11) is 0. The number of rotatable bonds is 5. The van der Waals surface area contributed by atoms with Crippen LogP contribution in [0.4, 0.5) is 0 Å². The van der Waals surface area contributed by atoms with Gasteiger partial charge in [0.15, 0.2) is 0 Å². The fourth-order valence-corrected chi connectivity index (χ4v) is 3.03. The van der Waals surface area contributed by atoms with E-state index in [-0.39, 0.29) is 12.0 Å². The number of aliphatic imine (C=N–C) groups is 1. The van der Waals surface area contributed by atoms with E-state index < -0.39 is 0 Å². The van der Waals surface area contributed by atoms with Crippen molar-refractivity contribution in [3.05, 3.63) is 41.9 Å². The molecule has 5 heteroatoms. The topological polar surface area (TPSA) is 81.2 Å². The van der Waals surface area contributed by atoms with Gasteiger partial charge in [0.05, 0.1) is 29.0 Å². The lowest BCUT2D eigenvalue weighted by Crippen LogP contribution is -2.28. The van der Waals surface area contributed by atoms with E-state index in [4.69, 9.17) is 10.7 Å². The molecule has 0 bridgehead atoms. The number of hydrogen-bond donors (Lipinski definition) is 1. The van der Waals surface area contributed by atoms with Gasteiger partial charge in [-0.1, -0.05) is 12.1 Å². The van der Waals surface area contributed by atoms with Gasteiger partial charge in [-0.15, -0.1) is 0 Å². The third kappa shape index (κ3) is 2.94. The lowest BCUT2D eigenvalue weighted by Gasteiger charge is -2.27. The monoisotopic (exact) mass is 320 g/mol. The SMILES string of the molecule is NC(=C(C=NC1CC(C=O)C1)c1cnc2ccccc2n1)C1CC1. The van der Waals surface area contributed by atoms with Crippen molar-refractivity contribution in [3.8, 4) is 0 Å². The zero-order valence-electron chi connectivity index (χ0n) is 13.4. The number of para-hydroxylation sites is 2. The minimum Gasteiger partial charge on any atom is -0.401 e. The highest BCUT2D eigenvalue weighted by Gasteiger charge is 2.29. The molecule has 1 aromatic carbocycles. The average Bonchev–Trinajstić information content (AvgIpc) is 3.41. The van der Waals surface area contributed by atoms with E-state index in [1.165, 1.54) is 0 Å². The highest BCUT2D eigenvalue weighted by Crippen LogP contribution is 2.37. The van der Waals surface area contributed by atoms with Gasteiger partial charge >= 0.3 is 0 Å². The van der Waals surface area contributed by atoms with Crippen LogP contribution in [0.25, 0.3) is 16.6 Å². The predicted molar refractivity (Wildman–Crippen MR) is 94.4 cm³/mol. The van der Waals surface area contributed by atoms with Crippen molar-refractivity contribution in [1.29, 1.82) is 0 Å². The Kier molecular flexibility index (Phi) is 3.84. The average molecular weight is 320 g/mol. The standard InChI is InChI=1S/C19H20N4O/c20-19(13-5-6-13)15(9-21-14-7-12(8-14)11-24)18-10-22-16-3-1-2-4-17(16)23-18/h1-4,9-14H,5-8,20H2. The molecule has 5 nitrogen and oxygen atoms in total. The smallest absolute Gasteiger partial charge is 0.123 e. The fraction of sp³-hybridized carbons (Fsp3) is 0.368. The number of carbonyl (C=O) groups excluding carboxylic acids is 1. The van der Waals surface area contributed by atoms with Crippen molar-refractivity contribution in [2.75, 3.05) is 0 Å². The Morgan fingerprint density at radius 1 is 1.21 bits per heavy atom. The van der Waals surface area contributed by atoms with Crippen molar-refractivity contribution in [2.24, 2.45) is 22.6 Å². The van der Waals surface area contributed by atoms with Crippen LogP contribution in [-0.2, 0) is 4.79 Å². The lowest BCUT2D eigenvalue weighted by atomic mass is 9.82. The maximum Gasteiger partial charge on any atom is 0.123 e. The second kappa shape index (κ2) is 6.15. The first-order chi connectivity index (χ1) is 11.7. The second-order valence-electron chi connectivity index (χ2n) is 6.69. The molecule has 0 amide bonds. The Balaban J connectivity index is 1.66. The number of hydrogen-bond acceptors (Lipinski definition) is 5. The van der Waals surface area contributed by atoms with Gasteiger partial charge in [0, 0.05) is 23.4 Å². The molecule has 0 spiro atoms. The quantitative estimate of drug-likeness (QED) is 0.678. The largest absolute Gasteiger partial charge is 0.401 e. The Labute approximate surface area is 140 Å². The number of carbonyl (C=O) groups is 1. The lowest BCUT2D eigenvalue weighted by molar-refractivity contribution is -0.113. The van der Waals surface area contributed by atoms with Gasteiger partial charge in [0.1, 0.15) is 6.29 Å². The molecule has 2 aliphatic carbocycles. The molecule has 1 aromatic heterocycles. The van der Waals surface area contributed by atoms with E-state index in [2.05, 4.69) is 9.98 Å². The molecule has 1 heterocycles. The van der Waals surface area contributed by atoms with E-state index in [1.54, 1.807) is 6.20 Å². The van der Waals surface area contributed by atoms with Crippen LogP contribution in [0, 0.1) is 11.8 Å². The molecule has 2 aromatic rings. The molecule has 4 rings (SSSR count). The van der Waals surface area contributed by atoms with Crippen LogP contribution in [-0.4, -0.2) is 28.5 Å². The van der Waals surface area contributed by atoms with Gasteiger partial charge in [0.25, 0.3) is 0 Å². The van der Waals surface area contributed by atoms with E-state index in [0.717, 1.165) is 60.0 Å². The highest BCUT2D eigenvalue weighted by atomic mass is 16.1. The van der Waals surface area contributed by atoms with Gasteiger partial charge in [-0.3, -0.25) is 9.98 Å². The number of allylic oxidation sites excluding steroid dienone is 2. The summed E-state index contributed by atoms with van der Waals surface area (Å²) in [4.78, 5) is 24.6. The van der Waals surface area contributed by atoms with Crippen LogP contribution in [0.2, 0.25) is 0 Å². The zero-order valence-corrected chi connectivity index (χ0v) is 13.4. The summed E-state index contributed by atoms with van der Waals surface area (Å²) in [6.07, 6.45) is 8.56. The first-order valence-corrected chi connectivity index (χ1v) is 8.45. The van der Waals surface area contributed by atoms with Gasteiger partial charge in [-0.25, -0.2) is 4.98 Å². The zero-order chi connectivity index (χ0) is 16.5. The molecular weight excluding hydrogens is 300 g/mol. The van der Waals surface area contributed by atoms with E-state index in [0.29, 0.717) is 5.92 Å². The van der Waals surface area contributed by atoms with Crippen molar-refractivity contribution in [1.82, 2.24) is 9.97 Å². The molecule has 0 saturated heterocycles. The van der Waals surface area contributed by atoms with Crippen LogP contribution in [0.15, 0.2) is 41.2 Å².